The largest absolute Gasteiger partial charge is 0.319 e. The molecule has 0 saturated heterocycles. The maximum absolute atomic E-state index is 13.2. The highest BCUT2D eigenvalue weighted by Crippen LogP contribution is 2.58. The van der Waals surface area contributed by atoms with Crippen molar-refractivity contribution in [1.29, 1.82) is 0 Å². The molecule has 1 aliphatic rings. The zero-order valence-electron chi connectivity index (χ0n) is 29.5. The van der Waals surface area contributed by atoms with Crippen LogP contribution in [0.1, 0.15) is 22.3 Å². The van der Waals surface area contributed by atoms with E-state index in [1.807, 2.05) is 42.5 Å². The zero-order chi connectivity index (χ0) is 36.0. The normalized spacial score (nSPS) is 12.9. The summed E-state index contributed by atoms with van der Waals surface area (Å²) in [5.41, 5.74) is 11.4. The van der Waals surface area contributed by atoms with Gasteiger partial charge in [-0.25, -0.2) is 15.0 Å². The number of nitrogens with zero attached hydrogens (tertiary/aromatic N) is 3. The number of aromatic nitrogens is 3. The summed E-state index contributed by atoms with van der Waals surface area (Å²) in [5.74, 6) is 1.70. The summed E-state index contributed by atoms with van der Waals surface area (Å²) >= 11 is 0. The third-order valence-corrected chi connectivity index (χ3v) is 11.9. The van der Waals surface area contributed by atoms with Crippen LogP contribution < -0.4 is 5.30 Å². The van der Waals surface area contributed by atoms with Crippen LogP contribution in [0.25, 0.3) is 56.4 Å². The van der Waals surface area contributed by atoms with Crippen molar-refractivity contribution in [3.05, 3.63) is 204 Å². The second kappa shape index (κ2) is 13.1. The molecule has 1 aromatic heterocycles. The summed E-state index contributed by atoms with van der Waals surface area (Å²) in [5, 5.41) is 0.788. The molecule has 1 aliphatic carbocycles. The lowest BCUT2D eigenvalue weighted by molar-refractivity contribution is 0.588. The Labute approximate surface area is 310 Å². The smallest absolute Gasteiger partial charge is 0.164 e. The van der Waals surface area contributed by atoms with Crippen LogP contribution in [0.15, 0.2) is 182 Å². The van der Waals surface area contributed by atoms with Gasteiger partial charge in [0.1, 0.15) is 7.14 Å². The van der Waals surface area contributed by atoms with Gasteiger partial charge in [-0.2, -0.15) is 0 Å². The first-order valence-electron chi connectivity index (χ1n) is 17.8. The summed E-state index contributed by atoms with van der Waals surface area (Å²) < 4.78 is 13.2. The fraction of sp³-hybridized carbons (Fsp3) is 0.0625. The molecule has 0 aliphatic heterocycles. The van der Waals surface area contributed by atoms with Gasteiger partial charge in [0.2, 0.25) is 0 Å². The van der Waals surface area contributed by atoms with Crippen molar-refractivity contribution in [3.63, 3.8) is 0 Å². The molecule has 0 N–H and O–H groups in total. The molecular formula is C48H36N3OP. The Balaban J connectivity index is 1.30. The van der Waals surface area contributed by atoms with Gasteiger partial charge in [-0.15, -0.1) is 0 Å². The fourth-order valence-electron chi connectivity index (χ4n) is 7.86. The van der Waals surface area contributed by atoms with Gasteiger partial charge in [-0.1, -0.05) is 176 Å². The summed E-state index contributed by atoms with van der Waals surface area (Å²) in [4.78, 5) is 15.5. The van der Waals surface area contributed by atoms with E-state index < -0.39 is 12.6 Å². The van der Waals surface area contributed by atoms with E-state index in [4.69, 9.17) is 15.0 Å². The lowest BCUT2D eigenvalue weighted by atomic mass is 9.67. The SMILES string of the molecule is CP(C)(=O)c1cccc(-c2nc(-c3ccc(-c4ccccc4)cc3)nc(-c3cccc4c3-c3ccccc3C4(c3ccccc3)c3ccccc3)n2)c1. The first-order valence-corrected chi connectivity index (χ1v) is 20.4. The molecule has 0 amide bonds. The lowest BCUT2D eigenvalue weighted by Gasteiger charge is -2.33. The second-order valence-electron chi connectivity index (χ2n) is 13.9. The van der Waals surface area contributed by atoms with E-state index >= 15 is 0 Å². The Bertz CT molecular complexity index is 2610. The number of hydrogen-bond donors (Lipinski definition) is 0. The monoisotopic (exact) mass is 701 g/mol. The van der Waals surface area contributed by atoms with Gasteiger partial charge in [-0.05, 0) is 63.9 Å². The van der Waals surface area contributed by atoms with Gasteiger partial charge in [0.05, 0.1) is 5.41 Å². The standard InChI is InChI=1S/C48H36N3OP/c1-53(2,52)39-23-14-18-36(32-39)46-49-45(35-30-28-34(29-31-35)33-16-6-3-7-17-33)50-47(51-46)41-25-15-27-43-44(41)40-24-12-13-26-42(40)48(43,37-19-8-4-9-20-37)38-21-10-5-11-22-38/h3-32H,1-2H3. The molecule has 1 heterocycles. The van der Waals surface area contributed by atoms with Gasteiger partial charge in [-0.3, -0.25) is 0 Å². The molecule has 53 heavy (non-hydrogen) atoms. The molecule has 254 valence electrons. The maximum atomic E-state index is 13.2. The maximum Gasteiger partial charge on any atom is 0.164 e. The Morgan fingerprint density at radius 1 is 0.415 bits per heavy atom. The number of hydrogen-bond acceptors (Lipinski definition) is 4. The average molecular weight is 702 g/mol. The molecule has 8 aromatic rings. The van der Waals surface area contributed by atoms with E-state index in [1.54, 1.807) is 13.3 Å². The van der Waals surface area contributed by atoms with Crippen molar-refractivity contribution >= 4 is 12.4 Å². The van der Waals surface area contributed by atoms with Crippen molar-refractivity contribution in [2.24, 2.45) is 0 Å². The predicted octanol–water partition coefficient (Wildman–Crippen LogP) is 11.2. The molecule has 9 rings (SSSR count). The number of fused-ring (bicyclic) bond motifs is 3. The van der Waals surface area contributed by atoms with Crippen molar-refractivity contribution in [1.82, 2.24) is 15.0 Å². The van der Waals surface area contributed by atoms with E-state index in [0.717, 1.165) is 44.2 Å². The summed E-state index contributed by atoms with van der Waals surface area (Å²) in [6.07, 6.45) is 0. The second-order valence-corrected chi connectivity index (χ2v) is 17.1. The molecule has 4 nitrogen and oxygen atoms in total. The molecule has 5 heteroatoms. The van der Waals surface area contributed by atoms with Crippen molar-refractivity contribution in [2.75, 3.05) is 13.3 Å². The fourth-order valence-corrected chi connectivity index (χ4v) is 8.75. The highest BCUT2D eigenvalue weighted by molar-refractivity contribution is 7.70. The van der Waals surface area contributed by atoms with E-state index in [2.05, 4.69) is 140 Å². The van der Waals surface area contributed by atoms with Gasteiger partial charge < -0.3 is 4.57 Å². The first-order chi connectivity index (χ1) is 25.9. The van der Waals surface area contributed by atoms with E-state index in [0.29, 0.717) is 17.5 Å². The molecule has 0 atom stereocenters. The zero-order valence-corrected chi connectivity index (χ0v) is 30.4. The summed E-state index contributed by atoms with van der Waals surface area (Å²) in [6, 6.07) is 63.4. The van der Waals surface area contributed by atoms with E-state index in [-0.39, 0.29) is 0 Å². The summed E-state index contributed by atoms with van der Waals surface area (Å²) in [6.45, 7) is 3.59. The van der Waals surface area contributed by atoms with Crippen molar-refractivity contribution < 1.29 is 4.57 Å². The van der Waals surface area contributed by atoms with Crippen LogP contribution >= 0.6 is 7.14 Å². The Morgan fingerprint density at radius 3 is 1.55 bits per heavy atom. The molecule has 0 unspecified atom stereocenters. The molecule has 0 bridgehead atoms. The Hall–Kier alpha value is -6.22. The first kappa shape index (κ1) is 32.7. The van der Waals surface area contributed by atoms with Crippen LogP contribution in [0.2, 0.25) is 0 Å². The van der Waals surface area contributed by atoms with Crippen LogP contribution in [0, 0.1) is 0 Å². The minimum atomic E-state index is -2.53. The van der Waals surface area contributed by atoms with Gasteiger partial charge in [0.25, 0.3) is 0 Å². The predicted molar refractivity (Wildman–Crippen MR) is 218 cm³/mol. The van der Waals surface area contributed by atoms with Crippen LogP contribution in [0.4, 0.5) is 0 Å². The van der Waals surface area contributed by atoms with Crippen LogP contribution in [-0.2, 0) is 9.98 Å². The van der Waals surface area contributed by atoms with Crippen LogP contribution in [-0.4, -0.2) is 28.3 Å². The van der Waals surface area contributed by atoms with E-state index in [9.17, 15) is 4.57 Å². The molecule has 0 radical (unpaired) electrons. The number of benzene rings is 7. The van der Waals surface area contributed by atoms with Gasteiger partial charge in [0, 0.05) is 22.0 Å². The average Bonchev–Trinajstić information content (AvgIpc) is 3.53. The van der Waals surface area contributed by atoms with Crippen LogP contribution in [0.3, 0.4) is 0 Å². The molecule has 0 saturated carbocycles. The van der Waals surface area contributed by atoms with Crippen LogP contribution in [0.5, 0.6) is 0 Å². The third kappa shape index (κ3) is 5.64. The molecular weight excluding hydrogens is 666 g/mol. The quantitative estimate of drug-likeness (QED) is 0.155. The molecule has 7 aromatic carbocycles. The third-order valence-electron chi connectivity index (χ3n) is 10.3. The van der Waals surface area contributed by atoms with Crippen molar-refractivity contribution in [2.45, 2.75) is 5.41 Å². The van der Waals surface area contributed by atoms with Gasteiger partial charge in [0.15, 0.2) is 17.5 Å². The highest BCUT2D eigenvalue weighted by Gasteiger charge is 2.47. The minimum absolute atomic E-state index is 0.536. The Morgan fingerprint density at radius 2 is 0.887 bits per heavy atom. The lowest BCUT2D eigenvalue weighted by Crippen LogP contribution is -2.28. The molecule has 0 spiro atoms. The topological polar surface area (TPSA) is 55.7 Å². The highest BCUT2D eigenvalue weighted by atomic mass is 31.2. The molecule has 0 fully saturated rings. The minimum Gasteiger partial charge on any atom is -0.319 e. The summed E-state index contributed by atoms with van der Waals surface area (Å²) in [7, 11) is -2.53. The van der Waals surface area contributed by atoms with Gasteiger partial charge >= 0.3 is 0 Å². The Kier molecular flexibility index (Phi) is 8.06. The van der Waals surface area contributed by atoms with E-state index in [1.165, 1.54) is 22.3 Å². The number of rotatable bonds is 7. The van der Waals surface area contributed by atoms with Crippen molar-refractivity contribution in [3.8, 4) is 56.4 Å².